The molecule has 0 saturated heterocycles. The van der Waals surface area contributed by atoms with Gasteiger partial charge in [-0.25, -0.2) is 9.59 Å². The molecule has 0 aromatic heterocycles. The predicted octanol–water partition coefficient (Wildman–Crippen LogP) is 5.08. The first-order chi connectivity index (χ1) is 13.0. The summed E-state index contributed by atoms with van der Waals surface area (Å²) >= 11 is 3.42. The number of carbonyl (C=O) groups is 2. The van der Waals surface area contributed by atoms with Crippen molar-refractivity contribution in [3.05, 3.63) is 64.1 Å². The van der Waals surface area contributed by atoms with Gasteiger partial charge in [-0.3, -0.25) is 4.90 Å². The van der Waals surface area contributed by atoms with E-state index < -0.39 is 12.2 Å². The van der Waals surface area contributed by atoms with Crippen LogP contribution in [-0.4, -0.2) is 23.3 Å². The molecule has 0 radical (unpaired) electrons. The van der Waals surface area contributed by atoms with Crippen molar-refractivity contribution in [2.24, 2.45) is 0 Å². The lowest BCUT2D eigenvalue weighted by molar-refractivity contribution is 0.134. The van der Waals surface area contributed by atoms with Crippen molar-refractivity contribution in [1.82, 2.24) is 5.32 Å². The average molecular weight is 433 g/mol. The molecule has 0 unspecified atom stereocenters. The third kappa shape index (κ3) is 4.42. The number of nitrogens with one attached hydrogen (secondary N) is 1. The molecule has 3 rings (SSSR count). The molecule has 2 atom stereocenters. The van der Waals surface area contributed by atoms with Gasteiger partial charge in [-0.05, 0) is 42.2 Å². The number of halogens is 1. The Kier molecular flexibility index (Phi) is 6.01. The highest BCUT2D eigenvalue weighted by molar-refractivity contribution is 9.10. The number of amides is 2. The fraction of sp³-hybridized carbons (Fsp3) is 0.300. The standard InChI is InChI=1S/C20H21BrN2O4/c1-2-15-11-17(22-19(24)27-12-13-6-4-3-5-7-13)16-10-14(21)8-9-18(16)23(15)20(25)26/h3-10,15,17H,2,11-12H2,1H3,(H,22,24)(H,25,26)/t15-,17+/m1/s1. The molecule has 2 amide bonds. The number of ether oxygens (including phenoxy) is 1. The molecule has 0 bridgehead atoms. The smallest absolute Gasteiger partial charge is 0.412 e. The number of hydrogen-bond acceptors (Lipinski definition) is 3. The van der Waals surface area contributed by atoms with Crippen LogP contribution in [0.2, 0.25) is 0 Å². The van der Waals surface area contributed by atoms with Crippen LogP contribution in [0.5, 0.6) is 0 Å². The third-order valence-electron chi connectivity index (χ3n) is 4.68. The van der Waals surface area contributed by atoms with E-state index in [-0.39, 0.29) is 18.7 Å². The maximum absolute atomic E-state index is 12.3. The molecule has 27 heavy (non-hydrogen) atoms. The molecule has 2 aromatic rings. The monoisotopic (exact) mass is 432 g/mol. The van der Waals surface area contributed by atoms with Gasteiger partial charge in [0.05, 0.1) is 11.7 Å². The van der Waals surface area contributed by atoms with E-state index in [1.165, 1.54) is 4.90 Å². The number of nitrogens with zero attached hydrogens (tertiary/aromatic N) is 1. The van der Waals surface area contributed by atoms with Gasteiger partial charge >= 0.3 is 12.2 Å². The maximum atomic E-state index is 12.3. The molecule has 0 saturated carbocycles. The lowest BCUT2D eigenvalue weighted by atomic mass is 9.90. The Morgan fingerprint density at radius 3 is 2.67 bits per heavy atom. The van der Waals surface area contributed by atoms with E-state index in [9.17, 15) is 14.7 Å². The van der Waals surface area contributed by atoms with Gasteiger partial charge in [0.25, 0.3) is 0 Å². The van der Waals surface area contributed by atoms with Crippen LogP contribution < -0.4 is 10.2 Å². The molecule has 7 heteroatoms. The second kappa shape index (κ2) is 8.43. The van der Waals surface area contributed by atoms with Crippen LogP contribution >= 0.6 is 15.9 Å². The summed E-state index contributed by atoms with van der Waals surface area (Å²) in [7, 11) is 0. The molecular formula is C20H21BrN2O4. The Labute approximate surface area is 166 Å². The van der Waals surface area contributed by atoms with E-state index in [4.69, 9.17) is 4.74 Å². The summed E-state index contributed by atoms with van der Waals surface area (Å²) in [5.41, 5.74) is 2.26. The SMILES string of the molecule is CC[C@@H]1C[C@H](NC(=O)OCc2ccccc2)c2cc(Br)ccc2N1C(=O)O. The molecule has 0 fully saturated rings. The average Bonchev–Trinajstić information content (AvgIpc) is 2.66. The molecule has 1 heterocycles. The zero-order valence-electron chi connectivity index (χ0n) is 14.9. The summed E-state index contributed by atoms with van der Waals surface area (Å²) < 4.78 is 6.15. The summed E-state index contributed by atoms with van der Waals surface area (Å²) in [5.74, 6) is 0. The molecule has 2 N–H and O–H groups in total. The van der Waals surface area contributed by atoms with Crippen LogP contribution in [0.3, 0.4) is 0 Å². The van der Waals surface area contributed by atoms with Gasteiger partial charge in [0, 0.05) is 10.5 Å². The van der Waals surface area contributed by atoms with Crippen molar-refractivity contribution < 1.29 is 19.4 Å². The zero-order valence-corrected chi connectivity index (χ0v) is 16.5. The minimum Gasteiger partial charge on any atom is -0.465 e. The van der Waals surface area contributed by atoms with E-state index >= 15 is 0 Å². The van der Waals surface area contributed by atoms with Crippen molar-refractivity contribution in [2.75, 3.05) is 4.90 Å². The fourth-order valence-corrected chi connectivity index (χ4v) is 3.76. The van der Waals surface area contributed by atoms with E-state index in [1.54, 1.807) is 12.1 Å². The third-order valence-corrected chi connectivity index (χ3v) is 5.17. The number of benzene rings is 2. The van der Waals surface area contributed by atoms with Crippen LogP contribution in [0.25, 0.3) is 0 Å². The number of rotatable bonds is 4. The number of carbonyl (C=O) groups excluding carboxylic acids is 1. The summed E-state index contributed by atoms with van der Waals surface area (Å²) in [6, 6.07) is 14.3. The Morgan fingerprint density at radius 2 is 2.00 bits per heavy atom. The maximum Gasteiger partial charge on any atom is 0.412 e. The summed E-state index contributed by atoms with van der Waals surface area (Å²) in [6.45, 7) is 2.12. The minimum absolute atomic E-state index is 0.184. The van der Waals surface area contributed by atoms with Crippen LogP contribution in [-0.2, 0) is 11.3 Å². The molecule has 6 nitrogen and oxygen atoms in total. The Hall–Kier alpha value is -2.54. The second-order valence-corrected chi connectivity index (χ2v) is 7.33. The lowest BCUT2D eigenvalue weighted by Gasteiger charge is -2.39. The molecule has 0 spiro atoms. The topological polar surface area (TPSA) is 78.9 Å². The predicted molar refractivity (Wildman–Crippen MR) is 106 cm³/mol. The van der Waals surface area contributed by atoms with E-state index in [1.807, 2.05) is 43.3 Å². The first-order valence-corrected chi connectivity index (χ1v) is 9.57. The highest BCUT2D eigenvalue weighted by Gasteiger charge is 2.36. The molecule has 142 valence electrons. The van der Waals surface area contributed by atoms with Gasteiger partial charge in [0.2, 0.25) is 0 Å². The highest BCUT2D eigenvalue weighted by Crippen LogP contribution is 2.39. The van der Waals surface area contributed by atoms with Gasteiger partial charge in [0.15, 0.2) is 0 Å². The number of hydrogen-bond donors (Lipinski definition) is 2. The Bertz CT molecular complexity index is 828. The van der Waals surface area contributed by atoms with Gasteiger partial charge in [0.1, 0.15) is 6.61 Å². The van der Waals surface area contributed by atoms with Crippen LogP contribution in [0.1, 0.15) is 36.9 Å². The molecule has 1 aliphatic rings. The van der Waals surface area contributed by atoms with Crippen molar-refractivity contribution in [3.8, 4) is 0 Å². The first-order valence-electron chi connectivity index (χ1n) is 8.78. The largest absolute Gasteiger partial charge is 0.465 e. The zero-order chi connectivity index (χ0) is 19.4. The molecular weight excluding hydrogens is 412 g/mol. The van der Waals surface area contributed by atoms with E-state index in [2.05, 4.69) is 21.2 Å². The summed E-state index contributed by atoms with van der Waals surface area (Å²) in [5, 5.41) is 12.5. The molecule has 0 aliphatic carbocycles. The Balaban J connectivity index is 1.78. The van der Waals surface area contributed by atoms with Gasteiger partial charge < -0.3 is 15.2 Å². The van der Waals surface area contributed by atoms with Gasteiger partial charge in [-0.15, -0.1) is 0 Å². The summed E-state index contributed by atoms with van der Waals surface area (Å²) in [4.78, 5) is 25.5. The van der Waals surface area contributed by atoms with E-state index in [0.717, 1.165) is 15.6 Å². The normalized spacial score (nSPS) is 18.5. The minimum atomic E-state index is -0.990. The fourth-order valence-electron chi connectivity index (χ4n) is 3.38. The molecule has 1 aliphatic heterocycles. The van der Waals surface area contributed by atoms with Crippen LogP contribution in [0.4, 0.5) is 15.3 Å². The Morgan fingerprint density at radius 1 is 1.26 bits per heavy atom. The van der Waals surface area contributed by atoms with E-state index in [0.29, 0.717) is 18.5 Å². The second-order valence-electron chi connectivity index (χ2n) is 6.41. The quantitative estimate of drug-likeness (QED) is 0.705. The van der Waals surface area contributed by atoms with Crippen molar-refractivity contribution in [1.29, 1.82) is 0 Å². The van der Waals surface area contributed by atoms with Gasteiger partial charge in [-0.2, -0.15) is 0 Å². The number of carboxylic acid groups (broad SMARTS) is 1. The number of fused-ring (bicyclic) bond motifs is 1. The van der Waals surface area contributed by atoms with Crippen molar-refractivity contribution >= 4 is 33.8 Å². The van der Waals surface area contributed by atoms with Crippen molar-refractivity contribution in [3.63, 3.8) is 0 Å². The lowest BCUT2D eigenvalue weighted by Crippen LogP contribution is -2.47. The highest BCUT2D eigenvalue weighted by atomic mass is 79.9. The van der Waals surface area contributed by atoms with Crippen LogP contribution in [0, 0.1) is 0 Å². The van der Waals surface area contributed by atoms with Gasteiger partial charge in [-0.1, -0.05) is 53.2 Å². The van der Waals surface area contributed by atoms with Crippen LogP contribution in [0.15, 0.2) is 53.0 Å². The van der Waals surface area contributed by atoms with Crippen molar-refractivity contribution in [2.45, 2.75) is 38.5 Å². The number of alkyl carbamates (subject to hydrolysis) is 1. The number of anilines is 1. The molecule has 2 aromatic carbocycles. The first kappa shape index (κ1) is 19.2. The summed E-state index contributed by atoms with van der Waals surface area (Å²) in [6.07, 6.45) is -0.366.